The quantitative estimate of drug-likeness (QED) is 0.740. The van der Waals surface area contributed by atoms with Gasteiger partial charge in [-0.05, 0) is 12.8 Å². The molecule has 4 aliphatic rings. The highest BCUT2D eigenvalue weighted by Crippen LogP contribution is 2.47. The van der Waals surface area contributed by atoms with Gasteiger partial charge >= 0.3 is 0 Å². The number of ether oxygens (including phenoxy) is 2. The van der Waals surface area contributed by atoms with E-state index < -0.39 is 0 Å². The fourth-order valence-electron chi connectivity index (χ4n) is 4.08. The van der Waals surface area contributed by atoms with Crippen molar-refractivity contribution in [1.29, 1.82) is 0 Å². The van der Waals surface area contributed by atoms with E-state index >= 15 is 0 Å². The van der Waals surface area contributed by atoms with Gasteiger partial charge in [0, 0.05) is 31.5 Å². The van der Waals surface area contributed by atoms with Gasteiger partial charge in [-0.2, -0.15) is 0 Å². The summed E-state index contributed by atoms with van der Waals surface area (Å²) in [5, 5.41) is 3.25. The van der Waals surface area contributed by atoms with Gasteiger partial charge in [-0.1, -0.05) is 0 Å². The highest BCUT2D eigenvalue weighted by molar-refractivity contribution is 5.85. The van der Waals surface area contributed by atoms with Gasteiger partial charge in [0.1, 0.15) is 6.04 Å². The Morgan fingerprint density at radius 3 is 2.42 bits per heavy atom. The van der Waals surface area contributed by atoms with E-state index in [1.54, 1.807) is 0 Å². The number of carbonyl (C=O) groups is 1. The first-order valence-corrected chi connectivity index (χ1v) is 7.08. The Kier molecular flexibility index (Phi) is 3.73. The van der Waals surface area contributed by atoms with Crippen LogP contribution >= 0.6 is 12.4 Å². The van der Waals surface area contributed by atoms with Crippen molar-refractivity contribution in [3.63, 3.8) is 0 Å². The molecule has 0 aromatic rings. The zero-order valence-electron chi connectivity index (χ0n) is 10.9. The Hall–Kier alpha value is -0.360. The molecule has 0 aliphatic carbocycles. The molecule has 4 saturated heterocycles. The molecule has 0 radical (unpaired) electrons. The molecular weight excluding hydrogens is 268 g/mol. The second-order valence-corrected chi connectivity index (χ2v) is 5.94. The molecule has 6 heteroatoms. The second-order valence-electron chi connectivity index (χ2n) is 5.94. The fraction of sp³-hybridized carbons (Fsp3) is 0.923. The van der Waals surface area contributed by atoms with Crippen LogP contribution in [0.3, 0.4) is 0 Å². The highest BCUT2D eigenvalue weighted by atomic mass is 35.5. The van der Waals surface area contributed by atoms with Crippen LogP contribution < -0.4 is 5.32 Å². The van der Waals surface area contributed by atoms with E-state index in [1.165, 1.54) is 12.8 Å². The fourth-order valence-corrected chi connectivity index (χ4v) is 4.08. The van der Waals surface area contributed by atoms with Gasteiger partial charge in [-0.3, -0.25) is 4.79 Å². The van der Waals surface area contributed by atoms with E-state index in [0.29, 0.717) is 37.3 Å². The van der Waals surface area contributed by atoms with Crippen LogP contribution in [0, 0.1) is 11.8 Å². The smallest absolute Gasteiger partial charge is 0.242 e. The van der Waals surface area contributed by atoms with Crippen molar-refractivity contribution in [2.45, 2.75) is 31.1 Å². The van der Waals surface area contributed by atoms with Crippen molar-refractivity contribution >= 4 is 18.3 Å². The van der Waals surface area contributed by atoms with Gasteiger partial charge < -0.3 is 19.7 Å². The molecule has 1 amide bonds. The molecule has 1 N–H and O–H groups in total. The zero-order valence-corrected chi connectivity index (χ0v) is 11.7. The molecule has 4 heterocycles. The van der Waals surface area contributed by atoms with Crippen LogP contribution in [-0.4, -0.2) is 61.9 Å². The maximum absolute atomic E-state index is 12.4. The summed E-state index contributed by atoms with van der Waals surface area (Å²) >= 11 is 0. The molecule has 2 bridgehead atoms. The third kappa shape index (κ3) is 2.17. The van der Waals surface area contributed by atoms with Crippen LogP contribution in [0.5, 0.6) is 0 Å². The Morgan fingerprint density at radius 1 is 1.16 bits per heavy atom. The van der Waals surface area contributed by atoms with Gasteiger partial charge in [0.25, 0.3) is 0 Å². The van der Waals surface area contributed by atoms with Gasteiger partial charge in [-0.15, -0.1) is 12.4 Å². The molecule has 4 rings (SSSR count). The number of nitrogens with zero attached hydrogens (tertiary/aromatic N) is 1. The molecule has 4 aliphatic heterocycles. The van der Waals surface area contributed by atoms with Crippen LogP contribution in [-0.2, 0) is 14.3 Å². The lowest BCUT2D eigenvalue weighted by atomic mass is 9.82. The number of hydrogen-bond donors (Lipinski definition) is 1. The normalized spacial score (nSPS) is 44.0. The van der Waals surface area contributed by atoms with Gasteiger partial charge in [0.05, 0.1) is 25.4 Å². The minimum absolute atomic E-state index is 0. The molecule has 5 nitrogen and oxygen atoms in total. The molecule has 5 unspecified atom stereocenters. The lowest BCUT2D eigenvalue weighted by Crippen LogP contribution is -2.52. The Labute approximate surface area is 119 Å². The molecule has 0 spiro atoms. The Balaban J connectivity index is 0.00000110. The van der Waals surface area contributed by atoms with Crippen molar-refractivity contribution in [2.24, 2.45) is 11.8 Å². The largest absolute Gasteiger partial charge is 0.378 e. The summed E-state index contributed by atoms with van der Waals surface area (Å²) in [6, 6.07) is -0.129. The van der Waals surface area contributed by atoms with E-state index in [0.717, 1.165) is 19.6 Å². The summed E-state index contributed by atoms with van der Waals surface area (Å²) in [5.41, 5.74) is 0. The Bertz CT molecular complexity index is 344. The van der Waals surface area contributed by atoms with E-state index in [-0.39, 0.29) is 24.4 Å². The first kappa shape index (κ1) is 13.6. The third-order valence-corrected chi connectivity index (χ3v) is 4.98. The summed E-state index contributed by atoms with van der Waals surface area (Å²) in [5.74, 6) is 1.41. The van der Waals surface area contributed by atoms with Crippen LogP contribution in [0.25, 0.3) is 0 Å². The number of hydrogen-bond acceptors (Lipinski definition) is 4. The van der Waals surface area contributed by atoms with Crippen LogP contribution in [0.1, 0.15) is 12.8 Å². The van der Waals surface area contributed by atoms with Gasteiger partial charge in [0.15, 0.2) is 0 Å². The number of morpholine rings is 1. The van der Waals surface area contributed by atoms with Crippen molar-refractivity contribution < 1.29 is 14.3 Å². The average molecular weight is 289 g/mol. The predicted octanol–water partition coefficient (Wildman–Crippen LogP) is 0.0324. The highest BCUT2D eigenvalue weighted by Gasteiger charge is 2.54. The molecule has 108 valence electrons. The number of halogens is 1. The number of carbonyl (C=O) groups excluding carboxylic acids is 1. The van der Waals surface area contributed by atoms with Gasteiger partial charge in [0.2, 0.25) is 5.91 Å². The molecule has 0 saturated carbocycles. The molecule has 4 fully saturated rings. The third-order valence-electron chi connectivity index (χ3n) is 4.98. The number of rotatable bonds is 1. The summed E-state index contributed by atoms with van der Waals surface area (Å²) < 4.78 is 11.3. The van der Waals surface area contributed by atoms with Crippen molar-refractivity contribution in [2.75, 3.05) is 32.8 Å². The first-order chi connectivity index (χ1) is 8.83. The summed E-state index contributed by atoms with van der Waals surface area (Å²) in [7, 11) is 0. The minimum atomic E-state index is -0.129. The molecule has 5 atom stereocenters. The molecule has 0 aromatic heterocycles. The maximum atomic E-state index is 12.4. The Morgan fingerprint density at radius 2 is 1.84 bits per heavy atom. The summed E-state index contributed by atoms with van der Waals surface area (Å²) in [6.07, 6.45) is 3.24. The SMILES string of the molecule is Cl.O=C(C1COCCN1)N1CC2C3CCC(O3)C2C1. The van der Waals surface area contributed by atoms with Crippen LogP contribution in [0.4, 0.5) is 0 Å². The number of likely N-dealkylation sites (tertiary alicyclic amines) is 1. The number of nitrogens with one attached hydrogen (secondary N) is 1. The van der Waals surface area contributed by atoms with Crippen molar-refractivity contribution in [3.8, 4) is 0 Å². The lowest BCUT2D eigenvalue weighted by molar-refractivity contribution is -0.136. The molecule has 19 heavy (non-hydrogen) atoms. The summed E-state index contributed by atoms with van der Waals surface area (Å²) in [6.45, 7) is 3.80. The maximum Gasteiger partial charge on any atom is 0.242 e. The van der Waals surface area contributed by atoms with Crippen molar-refractivity contribution in [1.82, 2.24) is 10.2 Å². The standard InChI is InChI=1S/C13H20N2O3.ClH/c16-13(10-7-17-4-3-14-10)15-5-8-9(6-15)12-2-1-11(8)18-12;/h8-12,14H,1-7H2;1H. The molecule has 0 aromatic carbocycles. The van der Waals surface area contributed by atoms with E-state index in [2.05, 4.69) is 5.32 Å². The minimum Gasteiger partial charge on any atom is -0.378 e. The molecular formula is C13H21ClN2O3. The van der Waals surface area contributed by atoms with E-state index in [4.69, 9.17) is 9.47 Å². The zero-order chi connectivity index (χ0) is 12.1. The van der Waals surface area contributed by atoms with E-state index in [1.807, 2.05) is 4.90 Å². The lowest BCUT2D eigenvalue weighted by Gasteiger charge is -2.28. The monoisotopic (exact) mass is 288 g/mol. The van der Waals surface area contributed by atoms with Crippen molar-refractivity contribution in [3.05, 3.63) is 0 Å². The van der Waals surface area contributed by atoms with Crippen LogP contribution in [0.15, 0.2) is 0 Å². The topological polar surface area (TPSA) is 50.8 Å². The predicted molar refractivity (Wildman–Crippen MR) is 71.3 cm³/mol. The average Bonchev–Trinajstić information content (AvgIpc) is 3.10. The van der Waals surface area contributed by atoms with Crippen LogP contribution in [0.2, 0.25) is 0 Å². The first-order valence-electron chi connectivity index (χ1n) is 7.08. The van der Waals surface area contributed by atoms with Gasteiger partial charge in [-0.25, -0.2) is 0 Å². The summed E-state index contributed by atoms with van der Waals surface area (Å²) in [4.78, 5) is 14.4. The second kappa shape index (κ2) is 5.20. The van der Waals surface area contributed by atoms with E-state index in [9.17, 15) is 4.79 Å². The number of amides is 1. The number of fused-ring (bicyclic) bond motifs is 5.